The molecule has 0 aliphatic heterocycles. The van der Waals surface area contributed by atoms with E-state index in [1.807, 2.05) is 6.92 Å². The third-order valence-corrected chi connectivity index (χ3v) is 5.72. The molecule has 0 radical (unpaired) electrons. The molecule has 0 aliphatic carbocycles. The highest BCUT2D eigenvalue weighted by Gasteiger charge is 2.77. The zero-order valence-electron chi connectivity index (χ0n) is 17.4. The molecule has 1 aromatic carbocycles. The normalized spacial score (nSPS) is 15.9. The van der Waals surface area contributed by atoms with E-state index in [0.717, 1.165) is 18.6 Å². The van der Waals surface area contributed by atoms with E-state index in [-0.39, 0.29) is 6.42 Å². The Balaban J connectivity index is 3.59. The average molecular weight is 408 g/mol. The Kier molecular flexibility index (Phi) is 8.08. The van der Waals surface area contributed by atoms with Crippen LogP contribution < -0.4 is 0 Å². The average Bonchev–Trinajstić information content (AvgIpc) is 2.63. The van der Waals surface area contributed by atoms with Crippen LogP contribution in [0.15, 0.2) is 30.3 Å². The van der Waals surface area contributed by atoms with Gasteiger partial charge in [0, 0.05) is 6.42 Å². The zero-order valence-corrected chi connectivity index (χ0v) is 17.4. The maximum absolute atomic E-state index is 16.4. The number of alkyl halides is 5. The molecule has 6 heteroatoms. The second-order valence-electron chi connectivity index (χ2n) is 8.25. The molecule has 1 aromatic rings. The van der Waals surface area contributed by atoms with Gasteiger partial charge in [0.15, 0.2) is 0 Å². The van der Waals surface area contributed by atoms with Crippen LogP contribution in [0.3, 0.4) is 0 Å². The number of hydrogen-bond donors (Lipinski definition) is 1. The van der Waals surface area contributed by atoms with Crippen molar-refractivity contribution < 1.29 is 27.1 Å². The minimum atomic E-state index is -5.10. The van der Waals surface area contributed by atoms with Gasteiger partial charge in [-0.3, -0.25) is 0 Å². The third-order valence-electron chi connectivity index (χ3n) is 5.72. The fourth-order valence-electron chi connectivity index (χ4n) is 3.98. The van der Waals surface area contributed by atoms with Gasteiger partial charge in [0.05, 0.1) is 0 Å². The molecule has 0 bridgehead atoms. The van der Waals surface area contributed by atoms with Crippen LogP contribution >= 0.6 is 0 Å². The Morgan fingerprint density at radius 1 is 0.821 bits per heavy atom. The highest BCUT2D eigenvalue weighted by Crippen LogP contribution is 2.60. The summed E-state index contributed by atoms with van der Waals surface area (Å²) in [5.41, 5.74) is -7.30. The number of rotatable bonds is 11. The molecule has 1 unspecified atom stereocenters. The predicted octanol–water partition coefficient (Wildman–Crippen LogP) is 7.14. The summed E-state index contributed by atoms with van der Waals surface area (Å²) in [6.45, 7) is 7.35. The van der Waals surface area contributed by atoms with Crippen LogP contribution in [0.5, 0.6) is 0 Å². The van der Waals surface area contributed by atoms with Crippen molar-refractivity contribution >= 4 is 0 Å². The Hall–Kier alpha value is -1.17. The molecule has 0 fully saturated rings. The summed E-state index contributed by atoms with van der Waals surface area (Å²) in [7, 11) is 0. The van der Waals surface area contributed by atoms with Crippen molar-refractivity contribution in [2.75, 3.05) is 0 Å². The van der Waals surface area contributed by atoms with E-state index in [9.17, 15) is 13.9 Å². The molecule has 28 heavy (non-hydrogen) atoms. The number of unbranched alkanes of at least 4 members (excludes halogenated alkanes) is 3. The Morgan fingerprint density at radius 3 is 1.75 bits per heavy atom. The van der Waals surface area contributed by atoms with Crippen molar-refractivity contribution in [2.24, 2.45) is 11.8 Å². The maximum atomic E-state index is 16.4. The van der Waals surface area contributed by atoms with Crippen LogP contribution in [-0.2, 0) is 5.67 Å². The first-order valence-corrected chi connectivity index (χ1v) is 10.0. The van der Waals surface area contributed by atoms with Gasteiger partial charge < -0.3 is 5.11 Å². The molecular weight excluding hydrogens is 375 g/mol. The van der Waals surface area contributed by atoms with Crippen LogP contribution in [0.1, 0.15) is 72.3 Å². The summed E-state index contributed by atoms with van der Waals surface area (Å²) in [5, 5.41) is 11.2. The van der Waals surface area contributed by atoms with Crippen molar-refractivity contribution in [3.63, 3.8) is 0 Å². The van der Waals surface area contributed by atoms with Gasteiger partial charge in [-0.05, 0) is 23.8 Å². The van der Waals surface area contributed by atoms with Gasteiger partial charge in [-0.15, -0.1) is 0 Å². The Labute approximate surface area is 165 Å². The third kappa shape index (κ3) is 4.07. The van der Waals surface area contributed by atoms with Crippen molar-refractivity contribution in [1.82, 2.24) is 0 Å². The fourth-order valence-corrected chi connectivity index (χ4v) is 3.98. The van der Waals surface area contributed by atoms with Gasteiger partial charge in [0.2, 0.25) is 5.67 Å². The van der Waals surface area contributed by atoms with Crippen LogP contribution in [-0.4, -0.2) is 22.6 Å². The standard InChI is InChI=1S/C22H33F5O/c1-6-7-8-12-15-19(23,24)22(26,27)21(25,18-13-10-9-11-14-18)20(28,16(2)3)17(4)5/h9-11,13-14,16-17,28H,6-8,12,15H2,1-5H3. The SMILES string of the molecule is CCCCCCC(F)(F)C(F)(F)C(F)(c1ccccc1)C(O)(C(C)C)C(C)C. The molecule has 0 aliphatic rings. The molecule has 0 saturated heterocycles. The summed E-state index contributed by atoms with van der Waals surface area (Å²) < 4.78 is 76.7. The fraction of sp³-hybridized carbons (Fsp3) is 0.727. The lowest BCUT2D eigenvalue weighted by Gasteiger charge is -2.51. The predicted molar refractivity (Wildman–Crippen MR) is 103 cm³/mol. The van der Waals surface area contributed by atoms with E-state index >= 15 is 13.2 Å². The second kappa shape index (κ2) is 9.10. The number of hydrogen-bond acceptors (Lipinski definition) is 1. The molecule has 1 rings (SSSR count). The molecule has 1 atom stereocenters. The summed E-state index contributed by atoms with van der Waals surface area (Å²) in [6, 6.07) is 6.17. The van der Waals surface area contributed by atoms with E-state index in [4.69, 9.17) is 0 Å². The van der Waals surface area contributed by atoms with Gasteiger partial charge in [-0.25, -0.2) is 4.39 Å². The molecule has 0 aromatic heterocycles. The van der Waals surface area contributed by atoms with Crippen molar-refractivity contribution in [3.05, 3.63) is 35.9 Å². The monoisotopic (exact) mass is 408 g/mol. The molecule has 1 N–H and O–H groups in total. The van der Waals surface area contributed by atoms with Gasteiger partial charge in [-0.2, -0.15) is 17.6 Å². The Morgan fingerprint density at radius 2 is 1.32 bits per heavy atom. The molecule has 0 heterocycles. The smallest absolute Gasteiger partial charge is 0.350 e. The van der Waals surface area contributed by atoms with Crippen LogP contribution in [0.2, 0.25) is 0 Å². The summed E-state index contributed by atoms with van der Waals surface area (Å²) in [6.07, 6.45) is 0.502. The van der Waals surface area contributed by atoms with Gasteiger partial charge in [0.25, 0.3) is 0 Å². The quantitative estimate of drug-likeness (QED) is 0.305. The highest BCUT2D eigenvalue weighted by atomic mass is 19.3. The van der Waals surface area contributed by atoms with Crippen LogP contribution in [0.25, 0.3) is 0 Å². The first kappa shape index (κ1) is 24.9. The van der Waals surface area contributed by atoms with Crippen molar-refractivity contribution in [1.29, 1.82) is 0 Å². The molecule has 1 nitrogen and oxygen atoms in total. The number of aliphatic hydroxyl groups is 1. The van der Waals surface area contributed by atoms with E-state index < -0.39 is 46.9 Å². The number of benzene rings is 1. The van der Waals surface area contributed by atoms with Crippen LogP contribution in [0, 0.1) is 11.8 Å². The topological polar surface area (TPSA) is 20.2 Å². The van der Waals surface area contributed by atoms with Gasteiger partial charge >= 0.3 is 11.8 Å². The summed E-state index contributed by atoms with van der Waals surface area (Å²) >= 11 is 0. The number of halogens is 5. The first-order valence-electron chi connectivity index (χ1n) is 10.0. The lowest BCUT2D eigenvalue weighted by molar-refractivity contribution is -0.334. The molecule has 162 valence electrons. The largest absolute Gasteiger partial charge is 0.385 e. The molecular formula is C22H33F5O. The minimum Gasteiger partial charge on any atom is -0.385 e. The molecule has 0 spiro atoms. The molecule has 0 amide bonds. The van der Waals surface area contributed by atoms with E-state index in [2.05, 4.69) is 0 Å². The van der Waals surface area contributed by atoms with E-state index in [1.165, 1.54) is 45.9 Å². The van der Waals surface area contributed by atoms with Crippen molar-refractivity contribution in [2.45, 2.75) is 89.8 Å². The second-order valence-corrected chi connectivity index (χ2v) is 8.25. The van der Waals surface area contributed by atoms with Crippen LogP contribution in [0.4, 0.5) is 22.0 Å². The first-order chi connectivity index (χ1) is 12.8. The lowest BCUT2D eigenvalue weighted by atomic mass is 9.62. The lowest BCUT2D eigenvalue weighted by Crippen LogP contribution is -2.68. The summed E-state index contributed by atoms with van der Waals surface area (Å²) in [4.78, 5) is 0. The van der Waals surface area contributed by atoms with E-state index in [1.54, 1.807) is 0 Å². The Bertz CT molecular complexity index is 592. The highest BCUT2D eigenvalue weighted by molar-refractivity contribution is 5.32. The van der Waals surface area contributed by atoms with Crippen molar-refractivity contribution in [3.8, 4) is 0 Å². The summed E-state index contributed by atoms with van der Waals surface area (Å²) in [5.74, 6) is -11.8. The minimum absolute atomic E-state index is 0.136. The van der Waals surface area contributed by atoms with Gasteiger partial charge in [0.1, 0.15) is 5.60 Å². The van der Waals surface area contributed by atoms with Gasteiger partial charge in [-0.1, -0.05) is 84.2 Å². The zero-order chi connectivity index (χ0) is 21.8. The maximum Gasteiger partial charge on any atom is 0.350 e. The molecule has 0 saturated carbocycles. The van der Waals surface area contributed by atoms with E-state index in [0.29, 0.717) is 12.8 Å².